The highest BCUT2D eigenvalue weighted by Crippen LogP contribution is 2.26. The Morgan fingerprint density at radius 1 is 1.42 bits per heavy atom. The fourth-order valence-corrected chi connectivity index (χ4v) is 2.30. The molecule has 0 aliphatic carbocycles. The highest BCUT2D eigenvalue weighted by molar-refractivity contribution is 6.08. The second-order valence-corrected chi connectivity index (χ2v) is 5.29. The number of carbonyl (C=O) groups excluding carboxylic acids is 1. The summed E-state index contributed by atoms with van der Waals surface area (Å²) in [5.74, 6) is -0.961. The molecule has 0 bridgehead atoms. The Hall–Kier alpha value is -2.89. The lowest BCUT2D eigenvalue weighted by Gasteiger charge is -2.13. The maximum atomic E-state index is 14.4. The SMILES string of the molecule is CC=CCOc1cccc(NC(=O)c2c(C)cc(C)nc2N)c1F. The average Bonchev–Trinajstić information content (AvgIpc) is 2.50. The standard InChI is InChI=1S/C18H20FN3O2/c1-4-5-9-24-14-8-6-7-13(16(14)19)22-18(23)15-11(2)10-12(3)21-17(15)20/h4-8,10H,9H2,1-3H3,(H2,20,21)(H,22,23). The molecule has 0 fully saturated rings. The van der Waals surface area contributed by atoms with Crippen LogP contribution in [0.4, 0.5) is 15.9 Å². The number of aryl methyl sites for hydroxylation is 2. The number of halogens is 1. The van der Waals surface area contributed by atoms with E-state index in [-0.39, 0.29) is 29.4 Å². The van der Waals surface area contributed by atoms with Gasteiger partial charge in [-0.05, 0) is 44.5 Å². The van der Waals surface area contributed by atoms with Crippen molar-refractivity contribution in [3.63, 3.8) is 0 Å². The van der Waals surface area contributed by atoms with Crippen molar-refractivity contribution in [1.29, 1.82) is 0 Å². The fraction of sp³-hybridized carbons (Fsp3) is 0.222. The van der Waals surface area contributed by atoms with Gasteiger partial charge in [-0.3, -0.25) is 4.79 Å². The number of amides is 1. The zero-order valence-electron chi connectivity index (χ0n) is 13.9. The molecule has 0 saturated carbocycles. The third-order valence-corrected chi connectivity index (χ3v) is 3.38. The van der Waals surface area contributed by atoms with Gasteiger partial charge in [-0.2, -0.15) is 0 Å². The summed E-state index contributed by atoms with van der Waals surface area (Å²) >= 11 is 0. The van der Waals surface area contributed by atoms with E-state index in [0.29, 0.717) is 11.3 Å². The summed E-state index contributed by atoms with van der Waals surface area (Å²) in [5.41, 5.74) is 7.48. The van der Waals surface area contributed by atoms with Crippen LogP contribution in [0.1, 0.15) is 28.5 Å². The highest BCUT2D eigenvalue weighted by atomic mass is 19.1. The summed E-state index contributed by atoms with van der Waals surface area (Å²) in [4.78, 5) is 16.5. The molecule has 0 aliphatic rings. The molecule has 2 rings (SSSR count). The first kappa shape index (κ1) is 17.5. The molecule has 24 heavy (non-hydrogen) atoms. The molecule has 3 N–H and O–H groups in total. The van der Waals surface area contributed by atoms with E-state index in [1.165, 1.54) is 12.1 Å². The van der Waals surface area contributed by atoms with Crippen molar-refractivity contribution < 1.29 is 13.9 Å². The summed E-state index contributed by atoms with van der Waals surface area (Å²) in [5, 5.41) is 2.53. The first-order chi connectivity index (χ1) is 11.4. The van der Waals surface area contributed by atoms with E-state index < -0.39 is 11.7 Å². The topological polar surface area (TPSA) is 77.2 Å². The molecule has 1 heterocycles. The number of pyridine rings is 1. The van der Waals surface area contributed by atoms with Crippen LogP contribution in [0, 0.1) is 19.7 Å². The van der Waals surface area contributed by atoms with Crippen molar-refractivity contribution >= 4 is 17.4 Å². The molecule has 0 unspecified atom stereocenters. The van der Waals surface area contributed by atoms with Crippen molar-refractivity contribution in [2.24, 2.45) is 0 Å². The van der Waals surface area contributed by atoms with Crippen LogP contribution in [0.5, 0.6) is 5.75 Å². The van der Waals surface area contributed by atoms with Crippen molar-refractivity contribution in [2.45, 2.75) is 20.8 Å². The van der Waals surface area contributed by atoms with Gasteiger partial charge in [0.15, 0.2) is 11.6 Å². The van der Waals surface area contributed by atoms with Crippen LogP contribution in [-0.4, -0.2) is 17.5 Å². The normalized spacial score (nSPS) is 10.8. The van der Waals surface area contributed by atoms with Gasteiger partial charge in [0.25, 0.3) is 5.91 Å². The summed E-state index contributed by atoms with van der Waals surface area (Å²) in [6, 6.07) is 6.32. The van der Waals surface area contributed by atoms with Gasteiger partial charge in [-0.15, -0.1) is 0 Å². The lowest BCUT2D eigenvalue weighted by molar-refractivity contribution is 0.102. The zero-order chi connectivity index (χ0) is 17.7. The van der Waals surface area contributed by atoms with E-state index in [2.05, 4.69) is 10.3 Å². The Balaban J connectivity index is 2.25. The van der Waals surface area contributed by atoms with Crippen molar-refractivity contribution in [1.82, 2.24) is 4.98 Å². The van der Waals surface area contributed by atoms with Gasteiger partial charge >= 0.3 is 0 Å². The van der Waals surface area contributed by atoms with Gasteiger partial charge in [0, 0.05) is 5.69 Å². The summed E-state index contributed by atoms with van der Waals surface area (Å²) < 4.78 is 19.7. The number of carbonyl (C=O) groups is 1. The molecule has 1 aromatic carbocycles. The Kier molecular flexibility index (Phi) is 5.52. The number of allylic oxidation sites excluding steroid dienone is 1. The van der Waals surface area contributed by atoms with Gasteiger partial charge in [-0.1, -0.05) is 18.2 Å². The third-order valence-electron chi connectivity index (χ3n) is 3.38. The molecular formula is C18H20FN3O2. The van der Waals surface area contributed by atoms with Gasteiger partial charge in [0.2, 0.25) is 0 Å². The second-order valence-electron chi connectivity index (χ2n) is 5.29. The predicted octanol–water partition coefficient (Wildman–Crippen LogP) is 3.63. The third kappa shape index (κ3) is 3.90. The molecule has 1 amide bonds. The minimum Gasteiger partial charge on any atom is -0.486 e. The second kappa shape index (κ2) is 7.59. The number of benzene rings is 1. The van der Waals surface area contributed by atoms with Crippen LogP contribution in [-0.2, 0) is 0 Å². The van der Waals surface area contributed by atoms with Crippen LogP contribution in [0.3, 0.4) is 0 Å². The lowest BCUT2D eigenvalue weighted by Crippen LogP contribution is -2.18. The number of hydrogen-bond donors (Lipinski definition) is 2. The smallest absolute Gasteiger partial charge is 0.259 e. The van der Waals surface area contributed by atoms with E-state index in [4.69, 9.17) is 10.5 Å². The molecule has 0 atom stereocenters. The predicted molar refractivity (Wildman–Crippen MR) is 92.8 cm³/mol. The molecule has 2 aromatic rings. The summed E-state index contributed by atoms with van der Waals surface area (Å²) in [7, 11) is 0. The quantitative estimate of drug-likeness (QED) is 0.821. The van der Waals surface area contributed by atoms with E-state index in [1.807, 2.05) is 6.92 Å². The highest BCUT2D eigenvalue weighted by Gasteiger charge is 2.18. The first-order valence-electron chi connectivity index (χ1n) is 7.51. The Bertz CT molecular complexity index is 765. The van der Waals surface area contributed by atoms with Crippen LogP contribution in [0.25, 0.3) is 0 Å². The maximum Gasteiger partial charge on any atom is 0.259 e. The number of nitrogens with two attached hydrogens (primary N) is 1. The van der Waals surface area contributed by atoms with Crippen LogP contribution >= 0.6 is 0 Å². The number of rotatable bonds is 5. The Morgan fingerprint density at radius 2 is 2.17 bits per heavy atom. The lowest BCUT2D eigenvalue weighted by atomic mass is 10.1. The minimum atomic E-state index is -0.633. The summed E-state index contributed by atoms with van der Waals surface area (Å²) in [6.45, 7) is 5.64. The maximum absolute atomic E-state index is 14.4. The van der Waals surface area contributed by atoms with Crippen LogP contribution in [0.2, 0.25) is 0 Å². The molecule has 126 valence electrons. The number of nitrogens with one attached hydrogen (secondary N) is 1. The monoisotopic (exact) mass is 329 g/mol. The van der Waals surface area contributed by atoms with Gasteiger partial charge in [0.1, 0.15) is 12.4 Å². The van der Waals surface area contributed by atoms with E-state index in [0.717, 1.165) is 0 Å². The molecule has 6 heteroatoms. The molecule has 0 aliphatic heterocycles. The van der Waals surface area contributed by atoms with E-state index >= 15 is 0 Å². The molecule has 0 saturated heterocycles. The fourth-order valence-electron chi connectivity index (χ4n) is 2.30. The van der Waals surface area contributed by atoms with Gasteiger partial charge in [-0.25, -0.2) is 9.37 Å². The largest absolute Gasteiger partial charge is 0.486 e. The zero-order valence-corrected chi connectivity index (χ0v) is 13.9. The number of nitrogens with zero attached hydrogens (tertiary/aromatic N) is 1. The minimum absolute atomic E-state index is 0.0253. The van der Waals surface area contributed by atoms with Crippen molar-refractivity contribution in [3.8, 4) is 5.75 Å². The van der Waals surface area contributed by atoms with Crippen LogP contribution in [0.15, 0.2) is 36.4 Å². The van der Waals surface area contributed by atoms with E-state index in [9.17, 15) is 9.18 Å². The van der Waals surface area contributed by atoms with Gasteiger partial charge in [0.05, 0.1) is 11.3 Å². The van der Waals surface area contributed by atoms with Gasteiger partial charge < -0.3 is 15.8 Å². The van der Waals surface area contributed by atoms with Crippen molar-refractivity contribution in [3.05, 3.63) is 59.1 Å². The molecular weight excluding hydrogens is 309 g/mol. The molecule has 5 nitrogen and oxygen atoms in total. The van der Waals surface area contributed by atoms with E-state index in [1.54, 1.807) is 38.1 Å². The Morgan fingerprint density at radius 3 is 2.83 bits per heavy atom. The number of aromatic nitrogens is 1. The molecule has 0 spiro atoms. The summed E-state index contributed by atoms with van der Waals surface area (Å²) in [6.07, 6.45) is 3.56. The number of anilines is 2. The molecule has 0 radical (unpaired) electrons. The first-order valence-corrected chi connectivity index (χ1v) is 7.51. The molecule has 1 aromatic heterocycles. The van der Waals surface area contributed by atoms with Crippen molar-refractivity contribution in [2.75, 3.05) is 17.7 Å². The number of ether oxygens (including phenoxy) is 1. The number of nitrogen functional groups attached to an aromatic ring is 1. The number of hydrogen-bond acceptors (Lipinski definition) is 4. The van der Waals surface area contributed by atoms with Crippen LogP contribution < -0.4 is 15.8 Å². The average molecular weight is 329 g/mol. The Labute approximate surface area is 140 Å².